The first-order valence-corrected chi connectivity index (χ1v) is 8.40. The number of nitrogens with zero attached hydrogens (tertiary/aromatic N) is 2. The maximum atomic E-state index is 13.1. The Kier molecular flexibility index (Phi) is 5.84. The van der Waals surface area contributed by atoms with Gasteiger partial charge in [0.2, 0.25) is 0 Å². The summed E-state index contributed by atoms with van der Waals surface area (Å²) in [6.45, 7) is 5.52. The molecule has 0 atom stereocenters. The summed E-state index contributed by atoms with van der Waals surface area (Å²) in [5.41, 5.74) is 3.25. The van der Waals surface area contributed by atoms with Crippen LogP contribution in [-0.2, 0) is 17.0 Å². The quantitative estimate of drug-likeness (QED) is 0.705. The molecule has 0 unspecified atom stereocenters. The third-order valence-corrected chi connectivity index (χ3v) is 5.08. The van der Waals surface area contributed by atoms with Gasteiger partial charge in [-0.05, 0) is 31.5 Å². The molecule has 0 saturated carbocycles. The van der Waals surface area contributed by atoms with Crippen molar-refractivity contribution < 1.29 is 9.13 Å². The number of benzene rings is 1. The standard InChI is InChI=1S/C15H18BrFN2OS/c1-10-11(2)19(6-7-20-3)15(18-10)21-9-12-4-5-13(17)8-14(12)16/h4-5,8H,6-7,9H2,1-3H3. The number of ether oxygens (including phenoxy) is 1. The molecule has 21 heavy (non-hydrogen) atoms. The molecule has 0 amide bonds. The molecule has 2 rings (SSSR count). The Balaban J connectivity index is 2.14. The molecule has 0 aliphatic carbocycles. The molecule has 1 heterocycles. The highest BCUT2D eigenvalue weighted by molar-refractivity contribution is 9.10. The lowest BCUT2D eigenvalue weighted by Gasteiger charge is -2.09. The molecular formula is C15H18BrFN2OS. The molecule has 3 nitrogen and oxygen atoms in total. The van der Waals surface area contributed by atoms with Gasteiger partial charge in [0.15, 0.2) is 5.16 Å². The Labute approximate surface area is 137 Å². The second-order valence-electron chi connectivity index (χ2n) is 4.73. The lowest BCUT2D eigenvalue weighted by atomic mass is 10.2. The Morgan fingerprint density at radius 1 is 1.38 bits per heavy atom. The summed E-state index contributed by atoms with van der Waals surface area (Å²) in [5, 5.41) is 0.971. The number of hydrogen-bond acceptors (Lipinski definition) is 3. The SMILES string of the molecule is COCCn1c(SCc2ccc(F)cc2Br)nc(C)c1C. The highest BCUT2D eigenvalue weighted by Gasteiger charge is 2.12. The maximum absolute atomic E-state index is 13.1. The number of halogens is 2. The summed E-state index contributed by atoms with van der Waals surface area (Å²) >= 11 is 5.05. The predicted octanol–water partition coefficient (Wildman–Crippen LogP) is 4.34. The van der Waals surface area contributed by atoms with E-state index in [-0.39, 0.29) is 5.82 Å². The number of aromatic nitrogens is 2. The van der Waals surface area contributed by atoms with Crippen LogP contribution in [0.3, 0.4) is 0 Å². The number of imidazole rings is 1. The van der Waals surface area contributed by atoms with Gasteiger partial charge in [-0.2, -0.15) is 0 Å². The molecule has 1 aromatic heterocycles. The summed E-state index contributed by atoms with van der Waals surface area (Å²) < 4.78 is 21.2. The topological polar surface area (TPSA) is 27.1 Å². The van der Waals surface area contributed by atoms with E-state index < -0.39 is 0 Å². The van der Waals surface area contributed by atoms with Gasteiger partial charge in [0, 0.05) is 29.6 Å². The van der Waals surface area contributed by atoms with Crippen LogP contribution in [0.4, 0.5) is 4.39 Å². The first-order valence-electron chi connectivity index (χ1n) is 6.62. The fraction of sp³-hybridized carbons (Fsp3) is 0.400. The Hall–Kier alpha value is -0.850. The average Bonchev–Trinajstić information content (AvgIpc) is 2.71. The maximum Gasteiger partial charge on any atom is 0.168 e. The lowest BCUT2D eigenvalue weighted by molar-refractivity contribution is 0.184. The molecule has 0 radical (unpaired) electrons. The van der Waals surface area contributed by atoms with Crippen molar-refractivity contribution in [3.8, 4) is 0 Å². The van der Waals surface area contributed by atoms with Crippen molar-refractivity contribution in [2.24, 2.45) is 0 Å². The summed E-state index contributed by atoms with van der Waals surface area (Å²) in [7, 11) is 1.70. The number of methoxy groups -OCH3 is 1. The third kappa shape index (κ3) is 4.08. The van der Waals surface area contributed by atoms with Crippen molar-refractivity contribution in [3.05, 3.63) is 45.4 Å². The fourth-order valence-electron chi connectivity index (χ4n) is 1.96. The van der Waals surface area contributed by atoms with E-state index in [1.807, 2.05) is 6.92 Å². The predicted molar refractivity (Wildman–Crippen MR) is 87.2 cm³/mol. The van der Waals surface area contributed by atoms with Crippen LogP contribution in [0.25, 0.3) is 0 Å². The zero-order valence-electron chi connectivity index (χ0n) is 12.3. The van der Waals surface area contributed by atoms with E-state index in [1.54, 1.807) is 24.9 Å². The van der Waals surface area contributed by atoms with Crippen LogP contribution in [0.5, 0.6) is 0 Å². The van der Waals surface area contributed by atoms with Gasteiger partial charge in [-0.3, -0.25) is 0 Å². The molecule has 6 heteroatoms. The van der Waals surface area contributed by atoms with E-state index in [2.05, 4.69) is 32.4 Å². The van der Waals surface area contributed by atoms with Gasteiger partial charge in [-0.1, -0.05) is 33.8 Å². The second kappa shape index (κ2) is 7.42. The Morgan fingerprint density at radius 2 is 2.14 bits per heavy atom. The fourth-order valence-corrected chi connectivity index (χ4v) is 3.76. The van der Waals surface area contributed by atoms with Crippen molar-refractivity contribution in [1.82, 2.24) is 9.55 Å². The lowest BCUT2D eigenvalue weighted by Crippen LogP contribution is -2.07. The van der Waals surface area contributed by atoms with Crippen LogP contribution in [0.15, 0.2) is 27.8 Å². The molecule has 2 aromatic rings. The first-order chi connectivity index (χ1) is 10.0. The van der Waals surface area contributed by atoms with E-state index in [1.165, 1.54) is 12.1 Å². The zero-order chi connectivity index (χ0) is 15.4. The highest BCUT2D eigenvalue weighted by atomic mass is 79.9. The summed E-state index contributed by atoms with van der Waals surface area (Å²) in [5.74, 6) is 0.507. The third-order valence-electron chi connectivity index (χ3n) is 3.31. The van der Waals surface area contributed by atoms with E-state index in [0.717, 1.165) is 38.9 Å². The molecule has 0 aliphatic rings. The van der Waals surface area contributed by atoms with Gasteiger partial charge in [0.1, 0.15) is 5.82 Å². The highest BCUT2D eigenvalue weighted by Crippen LogP contribution is 2.28. The van der Waals surface area contributed by atoms with E-state index in [0.29, 0.717) is 6.61 Å². The van der Waals surface area contributed by atoms with Crippen molar-refractivity contribution in [2.45, 2.75) is 31.3 Å². The summed E-state index contributed by atoms with van der Waals surface area (Å²) in [6, 6.07) is 4.77. The van der Waals surface area contributed by atoms with Gasteiger partial charge >= 0.3 is 0 Å². The van der Waals surface area contributed by atoms with Crippen molar-refractivity contribution in [3.63, 3.8) is 0 Å². The molecule has 0 N–H and O–H groups in total. The van der Waals surface area contributed by atoms with Crippen LogP contribution >= 0.6 is 27.7 Å². The Bertz CT molecular complexity index is 630. The van der Waals surface area contributed by atoms with Crippen LogP contribution in [-0.4, -0.2) is 23.3 Å². The molecule has 0 saturated heterocycles. The minimum Gasteiger partial charge on any atom is -0.383 e. The number of thioether (sulfide) groups is 1. The smallest absolute Gasteiger partial charge is 0.168 e. The zero-order valence-corrected chi connectivity index (χ0v) is 14.7. The largest absolute Gasteiger partial charge is 0.383 e. The van der Waals surface area contributed by atoms with Crippen molar-refractivity contribution >= 4 is 27.7 Å². The first kappa shape index (κ1) is 16.5. The monoisotopic (exact) mass is 372 g/mol. The molecule has 0 bridgehead atoms. The number of aryl methyl sites for hydroxylation is 1. The van der Waals surface area contributed by atoms with Crippen LogP contribution < -0.4 is 0 Å². The number of hydrogen-bond donors (Lipinski definition) is 0. The van der Waals surface area contributed by atoms with Gasteiger partial charge in [-0.25, -0.2) is 9.37 Å². The minimum atomic E-state index is -0.232. The molecule has 0 spiro atoms. The van der Waals surface area contributed by atoms with Crippen LogP contribution in [0.2, 0.25) is 0 Å². The van der Waals surface area contributed by atoms with Gasteiger partial charge in [0.25, 0.3) is 0 Å². The molecular weight excluding hydrogens is 355 g/mol. The average molecular weight is 373 g/mol. The van der Waals surface area contributed by atoms with Crippen LogP contribution in [0.1, 0.15) is 17.0 Å². The summed E-state index contributed by atoms with van der Waals surface area (Å²) in [4.78, 5) is 4.61. The normalized spacial score (nSPS) is 11.1. The van der Waals surface area contributed by atoms with Gasteiger partial charge in [-0.15, -0.1) is 0 Å². The van der Waals surface area contributed by atoms with Crippen molar-refractivity contribution in [1.29, 1.82) is 0 Å². The van der Waals surface area contributed by atoms with E-state index in [9.17, 15) is 4.39 Å². The summed E-state index contributed by atoms with van der Waals surface area (Å²) in [6.07, 6.45) is 0. The molecule has 0 aliphatic heterocycles. The molecule has 114 valence electrons. The van der Waals surface area contributed by atoms with Crippen LogP contribution in [0, 0.1) is 19.7 Å². The van der Waals surface area contributed by atoms with Crippen molar-refractivity contribution in [2.75, 3.05) is 13.7 Å². The van der Waals surface area contributed by atoms with Gasteiger partial charge < -0.3 is 9.30 Å². The Morgan fingerprint density at radius 3 is 2.81 bits per heavy atom. The minimum absolute atomic E-state index is 0.232. The number of rotatable bonds is 6. The second-order valence-corrected chi connectivity index (χ2v) is 6.53. The van der Waals surface area contributed by atoms with E-state index >= 15 is 0 Å². The van der Waals surface area contributed by atoms with E-state index in [4.69, 9.17) is 4.74 Å². The molecule has 0 fully saturated rings. The molecule has 1 aromatic carbocycles. The van der Waals surface area contributed by atoms with Gasteiger partial charge in [0.05, 0.1) is 12.3 Å².